The van der Waals surface area contributed by atoms with Gasteiger partial charge < -0.3 is 0 Å². The zero-order valence-electron chi connectivity index (χ0n) is 15.9. The van der Waals surface area contributed by atoms with Gasteiger partial charge in [0, 0.05) is 29.3 Å². The predicted molar refractivity (Wildman–Crippen MR) is 110 cm³/mol. The predicted octanol–water partition coefficient (Wildman–Crippen LogP) is 5.31. The number of rotatable bonds is 4. The molecule has 1 heterocycles. The third-order valence-corrected chi connectivity index (χ3v) is 5.61. The lowest BCUT2D eigenvalue weighted by molar-refractivity contribution is 0.345. The van der Waals surface area contributed by atoms with E-state index in [-0.39, 0.29) is 11.6 Å². The maximum atomic E-state index is 13.6. The molecule has 0 amide bonds. The van der Waals surface area contributed by atoms with E-state index in [1.165, 1.54) is 19.3 Å². The van der Waals surface area contributed by atoms with Crippen molar-refractivity contribution in [2.24, 2.45) is 0 Å². The molecule has 0 spiro atoms. The number of hydrogen-bond acceptors (Lipinski definition) is 2. The molecule has 1 aliphatic rings. The Bertz CT molecular complexity index is 955. The van der Waals surface area contributed by atoms with E-state index in [0.717, 1.165) is 41.1 Å². The summed E-state index contributed by atoms with van der Waals surface area (Å²) in [6, 6.07) is 20.6. The van der Waals surface area contributed by atoms with Gasteiger partial charge in [0.2, 0.25) is 0 Å². The number of nitrogens with zero attached hydrogens (tertiary/aromatic N) is 2. The highest BCUT2D eigenvalue weighted by Crippen LogP contribution is 2.31. The van der Waals surface area contributed by atoms with Gasteiger partial charge in [-0.3, -0.25) is 9.36 Å². The van der Waals surface area contributed by atoms with E-state index in [1.54, 1.807) is 0 Å². The highest BCUT2D eigenvalue weighted by Gasteiger charge is 2.23. The maximum Gasteiger partial charge on any atom is 0.257 e. The van der Waals surface area contributed by atoms with Gasteiger partial charge in [0.05, 0.1) is 0 Å². The summed E-state index contributed by atoms with van der Waals surface area (Å²) in [6.07, 6.45) is 6.41. The summed E-state index contributed by atoms with van der Waals surface area (Å²) in [5.41, 5.74) is 3.98. The summed E-state index contributed by atoms with van der Waals surface area (Å²) in [4.78, 5) is 18.5. The summed E-state index contributed by atoms with van der Waals surface area (Å²) in [7, 11) is 0. The van der Waals surface area contributed by atoms with E-state index in [4.69, 9.17) is 4.98 Å². The lowest BCUT2D eigenvalue weighted by Gasteiger charge is -2.27. The van der Waals surface area contributed by atoms with Gasteiger partial charge in [-0.1, -0.05) is 79.9 Å². The van der Waals surface area contributed by atoms with Crippen LogP contribution in [0.4, 0.5) is 0 Å². The van der Waals surface area contributed by atoms with Crippen molar-refractivity contribution in [3.8, 4) is 11.4 Å². The van der Waals surface area contributed by atoms with Crippen LogP contribution in [0.5, 0.6) is 0 Å². The summed E-state index contributed by atoms with van der Waals surface area (Å²) in [5.74, 6) is 0.821. The fourth-order valence-electron chi connectivity index (χ4n) is 4.15. The third kappa shape index (κ3) is 3.73. The highest BCUT2D eigenvalue weighted by molar-refractivity contribution is 5.56. The first-order valence-corrected chi connectivity index (χ1v) is 9.95. The average Bonchev–Trinajstić information content (AvgIpc) is 2.73. The summed E-state index contributed by atoms with van der Waals surface area (Å²) < 4.78 is 2.00. The minimum absolute atomic E-state index is 0.136. The first-order chi connectivity index (χ1) is 13.2. The van der Waals surface area contributed by atoms with E-state index in [9.17, 15) is 4.79 Å². The van der Waals surface area contributed by atoms with Crippen molar-refractivity contribution in [2.75, 3.05) is 0 Å². The Morgan fingerprint density at radius 1 is 0.926 bits per heavy atom. The minimum Gasteiger partial charge on any atom is -0.289 e. The normalized spacial score (nSPS) is 15.0. The van der Waals surface area contributed by atoms with Crippen LogP contribution in [-0.4, -0.2) is 9.55 Å². The quantitative estimate of drug-likeness (QED) is 0.633. The summed E-state index contributed by atoms with van der Waals surface area (Å²) in [6.45, 7) is 1.97. The molecule has 1 saturated carbocycles. The molecule has 4 rings (SSSR count). The fourth-order valence-corrected chi connectivity index (χ4v) is 4.15. The smallest absolute Gasteiger partial charge is 0.257 e. The topological polar surface area (TPSA) is 34.9 Å². The number of aromatic nitrogens is 2. The molecular weight excluding hydrogens is 332 g/mol. The van der Waals surface area contributed by atoms with Crippen molar-refractivity contribution >= 4 is 0 Å². The molecule has 1 fully saturated rings. The van der Waals surface area contributed by atoms with Crippen LogP contribution in [0.15, 0.2) is 65.5 Å². The molecule has 3 aromatic rings. The van der Waals surface area contributed by atoms with Crippen molar-refractivity contribution in [1.82, 2.24) is 9.55 Å². The molecule has 0 N–H and O–H groups in total. The second-order valence-electron chi connectivity index (χ2n) is 7.49. The van der Waals surface area contributed by atoms with E-state index in [1.807, 2.05) is 47.9 Å². The Kier molecular flexibility index (Phi) is 5.19. The van der Waals surface area contributed by atoms with Crippen LogP contribution < -0.4 is 5.56 Å². The van der Waals surface area contributed by atoms with Crippen LogP contribution >= 0.6 is 0 Å². The highest BCUT2D eigenvalue weighted by atomic mass is 16.1. The van der Waals surface area contributed by atoms with Crippen LogP contribution in [0.1, 0.15) is 55.0 Å². The molecule has 3 heteroatoms. The lowest BCUT2D eigenvalue weighted by atomic mass is 9.94. The molecule has 138 valence electrons. The third-order valence-electron chi connectivity index (χ3n) is 5.61. The van der Waals surface area contributed by atoms with Crippen LogP contribution in [0.25, 0.3) is 11.4 Å². The Morgan fingerprint density at radius 3 is 2.22 bits per heavy atom. The zero-order valence-corrected chi connectivity index (χ0v) is 15.9. The van der Waals surface area contributed by atoms with E-state index < -0.39 is 0 Å². The number of hydrogen-bond donors (Lipinski definition) is 0. The van der Waals surface area contributed by atoms with Gasteiger partial charge in [-0.25, -0.2) is 4.98 Å². The molecule has 1 aromatic heterocycles. The van der Waals surface area contributed by atoms with Gasteiger partial charge in [-0.2, -0.15) is 0 Å². The first-order valence-electron chi connectivity index (χ1n) is 9.95. The molecule has 0 saturated heterocycles. The van der Waals surface area contributed by atoms with Gasteiger partial charge in [0.15, 0.2) is 0 Å². The second kappa shape index (κ2) is 7.91. The Morgan fingerprint density at radius 2 is 1.56 bits per heavy atom. The SMILES string of the molecule is Cc1nc(-c2ccccc2)n(C2CCCCC2)c(=O)c1Cc1ccccc1. The van der Waals surface area contributed by atoms with Crippen molar-refractivity contribution < 1.29 is 0 Å². The van der Waals surface area contributed by atoms with Crippen LogP contribution in [0.2, 0.25) is 0 Å². The number of aryl methyl sites for hydroxylation is 1. The second-order valence-corrected chi connectivity index (χ2v) is 7.49. The Labute approximate surface area is 160 Å². The Balaban J connectivity index is 1.86. The maximum absolute atomic E-state index is 13.6. The average molecular weight is 358 g/mol. The molecule has 0 aliphatic heterocycles. The van der Waals surface area contributed by atoms with Gasteiger partial charge in [-0.15, -0.1) is 0 Å². The monoisotopic (exact) mass is 358 g/mol. The summed E-state index contributed by atoms with van der Waals surface area (Å²) >= 11 is 0. The van der Waals surface area contributed by atoms with Gasteiger partial charge in [0.25, 0.3) is 5.56 Å². The molecule has 0 radical (unpaired) electrons. The zero-order chi connectivity index (χ0) is 18.6. The van der Waals surface area contributed by atoms with Crippen molar-refractivity contribution in [3.63, 3.8) is 0 Å². The van der Waals surface area contributed by atoms with E-state index in [0.29, 0.717) is 6.42 Å². The molecule has 0 unspecified atom stereocenters. The first kappa shape index (κ1) is 17.7. The van der Waals surface area contributed by atoms with E-state index in [2.05, 4.69) is 24.3 Å². The molecule has 1 aliphatic carbocycles. The van der Waals surface area contributed by atoms with Gasteiger partial charge in [0.1, 0.15) is 5.82 Å². The fraction of sp³-hybridized carbons (Fsp3) is 0.333. The van der Waals surface area contributed by atoms with Crippen LogP contribution in [0.3, 0.4) is 0 Å². The standard InChI is InChI=1S/C24H26N2O/c1-18-22(17-19-11-5-2-6-12-19)24(27)26(21-15-9-4-10-16-21)23(25-18)20-13-7-3-8-14-20/h2-3,5-8,11-14,21H,4,9-10,15-17H2,1H3. The van der Waals surface area contributed by atoms with Crippen LogP contribution in [-0.2, 0) is 6.42 Å². The molecule has 0 bridgehead atoms. The lowest BCUT2D eigenvalue weighted by Crippen LogP contribution is -2.32. The molecule has 27 heavy (non-hydrogen) atoms. The molecule has 2 aromatic carbocycles. The van der Waals surface area contributed by atoms with Crippen molar-refractivity contribution in [2.45, 2.75) is 51.5 Å². The largest absolute Gasteiger partial charge is 0.289 e. The van der Waals surface area contributed by atoms with Crippen molar-refractivity contribution in [1.29, 1.82) is 0 Å². The van der Waals surface area contributed by atoms with Crippen molar-refractivity contribution in [3.05, 3.63) is 87.8 Å². The summed E-state index contributed by atoms with van der Waals surface area (Å²) in [5, 5.41) is 0. The molecule has 0 atom stereocenters. The Hall–Kier alpha value is -2.68. The molecule has 3 nitrogen and oxygen atoms in total. The van der Waals surface area contributed by atoms with E-state index >= 15 is 0 Å². The van der Waals surface area contributed by atoms with Gasteiger partial charge in [-0.05, 0) is 25.3 Å². The number of benzene rings is 2. The molecular formula is C24H26N2O. The minimum atomic E-state index is 0.136. The van der Waals surface area contributed by atoms with Gasteiger partial charge >= 0.3 is 0 Å². The van der Waals surface area contributed by atoms with Crippen LogP contribution in [0, 0.1) is 6.92 Å².